The van der Waals surface area contributed by atoms with Crippen LogP contribution in [0.1, 0.15) is 17.5 Å². The fourth-order valence-corrected chi connectivity index (χ4v) is 5.66. The van der Waals surface area contributed by atoms with Crippen LogP contribution in [-0.2, 0) is 22.7 Å². The van der Waals surface area contributed by atoms with Crippen LogP contribution in [0, 0.1) is 12.3 Å². The molecule has 1 N–H and O–H groups in total. The molecule has 0 unspecified atom stereocenters. The topological polar surface area (TPSA) is 94.7 Å². The molecule has 0 saturated carbocycles. The Labute approximate surface area is 232 Å². The standard InChI is InChI=1S/C28H31N5O5S/c1-3-12-31-18-26(34)32-22(11-13-39-2)27(35)30(16-21-9-10-23-24(14-21)38-19-37-23)17-25(32)33(31)28(36)29-15-20-7-5-4-6-8-20/h1,4-10,14,22,25H,11-13,15-19H2,2H3,(H,29,36)/t22-,25-/m0/s1. The van der Waals surface area contributed by atoms with E-state index in [0.29, 0.717) is 36.8 Å². The number of terminal acetylenes is 1. The minimum atomic E-state index is -0.700. The third-order valence-corrected chi connectivity index (χ3v) is 7.65. The van der Waals surface area contributed by atoms with E-state index in [4.69, 9.17) is 15.9 Å². The van der Waals surface area contributed by atoms with Gasteiger partial charge in [-0.05, 0) is 41.7 Å². The van der Waals surface area contributed by atoms with Gasteiger partial charge in [-0.2, -0.15) is 16.8 Å². The molecule has 3 aliphatic heterocycles. The molecular weight excluding hydrogens is 518 g/mol. The van der Waals surface area contributed by atoms with Crippen molar-refractivity contribution in [3.63, 3.8) is 0 Å². The number of nitrogens with zero attached hydrogens (tertiary/aromatic N) is 4. The Balaban J connectivity index is 1.44. The number of hydrazine groups is 1. The van der Waals surface area contributed by atoms with Crippen molar-refractivity contribution in [3.05, 3.63) is 59.7 Å². The minimum absolute atomic E-state index is 0.0787. The number of nitrogens with one attached hydrogen (secondary N) is 1. The number of ether oxygens (including phenoxy) is 2. The van der Waals surface area contributed by atoms with Gasteiger partial charge in [-0.1, -0.05) is 42.3 Å². The smallest absolute Gasteiger partial charge is 0.334 e. The maximum Gasteiger partial charge on any atom is 0.334 e. The molecule has 3 heterocycles. The third-order valence-electron chi connectivity index (χ3n) is 7.00. The first kappa shape index (κ1) is 26.7. The molecule has 3 aliphatic rings. The van der Waals surface area contributed by atoms with Crippen molar-refractivity contribution < 1.29 is 23.9 Å². The second-order valence-electron chi connectivity index (χ2n) is 9.50. The molecule has 0 bridgehead atoms. The number of hydrogen-bond donors (Lipinski definition) is 1. The highest BCUT2D eigenvalue weighted by atomic mass is 32.2. The first-order chi connectivity index (χ1) is 19.0. The van der Waals surface area contributed by atoms with E-state index in [1.54, 1.807) is 26.6 Å². The molecule has 4 amide bonds. The molecular formula is C28H31N5O5S. The Morgan fingerprint density at radius 2 is 1.92 bits per heavy atom. The lowest BCUT2D eigenvalue weighted by Crippen LogP contribution is -2.76. The van der Waals surface area contributed by atoms with Gasteiger partial charge in [0.05, 0.1) is 19.6 Å². The maximum absolute atomic E-state index is 13.8. The summed E-state index contributed by atoms with van der Waals surface area (Å²) in [6.45, 7) is 0.934. The minimum Gasteiger partial charge on any atom is -0.454 e. The van der Waals surface area contributed by atoms with Crippen LogP contribution in [-0.4, -0.2) is 88.3 Å². The molecule has 0 aromatic heterocycles. The number of rotatable bonds is 8. The van der Waals surface area contributed by atoms with E-state index in [-0.39, 0.29) is 44.3 Å². The number of fused-ring (bicyclic) bond motifs is 2. The number of carbonyl (C=O) groups excluding carboxylic acids is 3. The van der Waals surface area contributed by atoms with Crippen LogP contribution in [0.5, 0.6) is 11.5 Å². The number of urea groups is 1. The van der Waals surface area contributed by atoms with E-state index in [2.05, 4.69) is 11.2 Å². The Morgan fingerprint density at radius 1 is 1.13 bits per heavy atom. The summed E-state index contributed by atoms with van der Waals surface area (Å²) < 4.78 is 10.9. The van der Waals surface area contributed by atoms with E-state index >= 15 is 0 Å². The van der Waals surface area contributed by atoms with Crippen LogP contribution in [0.25, 0.3) is 0 Å². The predicted octanol–water partition coefficient (Wildman–Crippen LogP) is 2.11. The number of hydrogen-bond acceptors (Lipinski definition) is 7. The van der Waals surface area contributed by atoms with Gasteiger partial charge in [0.25, 0.3) is 0 Å². The van der Waals surface area contributed by atoms with Crippen molar-refractivity contribution in [3.8, 4) is 23.8 Å². The quantitative estimate of drug-likeness (QED) is 0.504. The summed E-state index contributed by atoms with van der Waals surface area (Å²) >= 11 is 1.61. The van der Waals surface area contributed by atoms with Crippen molar-refractivity contribution in [2.75, 3.05) is 38.4 Å². The number of benzene rings is 2. The van der Waals surface area contributed by atoms with Crippen LogP contribution in [0.3, 0.4) is 0 Å². The fourth-order valence-electron chi connectivity index (χ4n) is 5.20. The second-order valence-corrected chi connectivity index (χ2v) is 10.5. The molecule has 2 saturated heterocycles. The highest BCUT2D eigenvalue weighted by Gasteiger charge is 2.51. The summed E-state index contributed by atoms with van der Waals surface area (Å²) in [6.07, 6.45) is 7.37. The van der Waals surface area contributed by atoms with Crippen molar-refractivity contribution in [2.45, 2.75) is 31.7 Å². The zero-order chi connectivity index (χ0) is 27.4. The van der Waals surface area contributed by atoms with Crippen molar-refractivity contribution >= 4 is 29.6 Å². The zero-order valence-electron chi connectivity index (χ0n) is 21.7. The Bertz CT molecular complexity index is 1270. The highest BCUT2D eigenvalue weighted by Crippen LogP contribution is 2.34. The van der Waals surface area contributed by atoms with Crippen LogP contribution in [0.15, 0.2) is 48.5 Å². The molecule has 5 rings (SSSR count). The molecule has 2 aromatic carbocycles. The number of thioether (sulfide) groups is 1. The molecule has 11 heteroatoms. The van der Waals surface area contributed by atoms with Crippen LogP contribution >= 0.6 is 11.8 Å². The lowest BCUT2D eigenvalue weighted by atomic mass is 10.0. The van der Waals surface area contributed by atoms with E-state index in [9.17, 15) is 14.4 Å². The van der Waals surface area contributed by atoms with Crippen molar-refractivity contribution in [1.29, 1.82) is 0 Å². The predicted molar refractivity (Wildman–Crippen MR) is 146 cm³/mol. The van der Waals surface area contributed by atoms with Gasteiger partial charge in [-0.3, -0.25) is 9.59 Å². The molecule has 10 nitrogen and oxygen atoms in total. The second kappa shape index (κ2) is 11.9. The number of piperazine rings is 1. The normalized spacial score (nSPS) is 20.6. The number of carbonyl (C=O) groups is 3. The first-order valence-electron chi connectivity index (χ1n) is 12.8. The molecule has 2 fully saturated rings. The molecule has 0 aliphatic carbocycles. The molecule has 39 heavy (non-hydrogen) atoms. The lowest BCUT2D eigenvalue weighted by Gasteiger charge is -2.55. The van der Waals surface area contributed by atoms with E-state index in [1.165, 1.54) is 5.01 Å². The van der Waals surface area contributed by atoms with Gasteiger partial charge in [-0.25, -0.2) is 9.80 Å². The summed E-state index contributed by atoms with van der Waals surface area (Å²) in [5, 5.41) is 6.08. The molecule has 204 valence electrons. The van der Waals surface area contributed by atoms with Crippen LogP contribution in [0.2, 0.25) is 0 Å². The summed E-state index contributed by atoms with van der Waals surface area (Å²) in [7, 11) is 0. The highest BCUT2D eigenvalue weighted by molar-refractivity contribution is 7.98. The van der Waals surface area contributed by atoms with Gasteiger partial charge >= 0.3 is 6.03 Å². The van der Waals surface area contributed by atoms with Crippen molar-refractivity contribution in [1.82, 2.24) is 25.1 Å². The van der Waals surface area contributed by atoms with Gasteiger partial charge in [0, 0.05) is 13.1 Å². The third kappa shape index (κ3) is 5.62. The molecule has 2 aromatic rings. The van der Waals surface area contributed by atoms with Crippen molar-refractivity contribution in [2.24, 2.45) is 0 Å². The average molecular weight is 550 g/mol. The summed E-state index contributed by atoms with van der Waals surface area (Å²) in [6, 6.07) is 14.1. The monoisotopic (exact) mass is 549 g/mol. The van der Waals surface area contributed by atoms with Gasteiger partial charge < -0.3 is 24.6 Å². The molecule has 2 atom stereocenters. The average Bonchev–Trinajstić information content (AvgIpc) is 3.41. The Morgan fingerprint density at radius 3 is 2.69 bits per heavy atom. The Hall–Kier alpha value is -3.88. The lowest BCUT2D eigenvalue weighted by molar-refractivity contribution is -0.189. The summed E-state index contributed by atoms with van der Waals surface area (Å²) in [5.41, 5.74) is 1.81. The maximum atomic E-state index is 13.8. The SMILES string of the molecule is C#CCN1CC(=O)N2[C@@H](CCSC)C(=O)N(Cc3ccc4c(c3)OCO4)C[C@@H]2N1C(=O)NCc1ccccc1. The van der Waals surface area contributed by atoms with Gasteiger partial charge in [0.1, 0.15) is 12.2 Å². The van der Waals surface area contributed by atoms with Crippen LogP contribution in [0.4, 0.5) is 4.79 Å². The van der Waals surface area contributed by atoms with E-state index < -0.39 is 12.2 Å². The van der Waals surface area contributed by atoms with Gasteiger partial charge in [0.15, 0.2) is 11.5 Å². The molecule has 0 spiro atoms. The largest absolute Gasteiger partial charge is 0.454 e. The van der Waals surface area contributed by atoms with E-state index in [0.717, 1.165) is 11.1 Å². The van der Waals surface area contributed by atoms with Gasteiger partial charge in [0.2, 0.25) is 18.6 Å². The number of amides is 4. The van der Waals surface area contributed by atoms with Gasteiger partial charge in [-0.15, -0.1) is 6.42 Å². The molecule has 0 radical (unpaired) electrons. The van der Waals surface area contributed by atoms with Crippen LogP contribution < -0.4 is 14.8 Å². The first-order valence-corrected chi connectivity index (χ1v) is 14.2. The fraction of sp³-hybridized carbons (Fsp3) is 0.393. The van der Waals surface area contributed by atoms with E-state index in [1.807, 2.05) is 54.8 Å². The summed E-state index contributed by atoms with van der Waals surface area (Å²) in [4.78, 5) is 44.1. The summed E-state index contributed by atoms with van der Waals surface area (Å²) in [5.74, 6) is 4.20. The zero-order valence-corrected chi connectivity index (χ0v) is 22.6. The Kier molecular flexibility index (Phi) is 8.14.